The molecule has 1 unspecified atom stereocenters. The highest BCUT2D eigenvalue weighted by Crippen LogP contribution is 2.04. The summed E-state index contributed by atoms with van der Waals surface area (Å²) in [6, 6.07) is 0. The molecule has 13 heavy (non-hydrogen) atoms. The van der Waals surface area contributed by atoms with Crippen molar-refractivity contribution in [2.24, 2.45) is 0 Å². The van der Waals surface area contributed by atoms with Crippen molar-refractivity contribution in [1.82, 2.24) is 10.2 Å². The molecule has 0 aromatic rings. The molecule has 0 bridgehead atoms. The third kappa shape index (κ3) is 2.42. The van der Waals surface area contributed by atoms with Crippen LogP contribution in [0.3, 0.4) is 0 Å². The highest BCUT2D eigenvalue weighted by molar-refractivity contribution is 5.82. The van der Waals surface area contributed by atoms with E-state index in [0.29, 0.717) is 19.7 Å². The summed E-state index contributed by atoms with van der Waals surface area (Å²) >= 11 is 0. The number of nitrogens with zero attached hydrogens (tertiary/aromatic N) is 1. The Kier molecular flexibility index (Phi) is 3.25. The van der Waals surface area contributed by atoms with Crippen LogP contribution >= 0.6 is 0 Å². The average molecular weight is 186 g/mol. The fourth-order valence-electron chi connectivity index (χ4n) is 1.25. The maximum absolute atomic E-state index is 11.2. The van der Waals surface area contributed by atoms with Crippen LogP contribution in [0, 0.1) is 0 Å². The summed E-state index contributed by atoms with van der Waals surface area (Å²) in [6.45, 7) is 2.85. The Labute approximate surface area is 77.0 Å². The SMILES string of the molecule is CNC(=O)C1CN(C(C)=O)CCO1. The number of nitrogens with one attached hydrogen (secondary N) is 1. The largest absolute Gasteiger partial charge is 0.365 e. The van der Waals surface area contributed by atoms with Gasteiger partial charge >= 0.3 is 0 Å². The van der Waals surface area contributed by atoms with Gasteiger partial charge in [-0.2, -0.15) is 0 Å². The fourth-order valence-corrected chi connectivity index (χ4v) is 1.25. The molecule has 5 nitrogen and oxygen atoms in total. The van der Waals surface area contributed by atoms with E-state index in [-0.39, 0.29) is 11.8 Å². The van der Waals surface area contributed by atoms with Gasteiger partial charge in [0.25, 0.3) is 5.91 Å². The van der Waals surface area contributed by atoms with Gasteiger partial charge in [-0.15, -0.1) is 0 Å². The van der Waals surface area contributed by atoms with E-state index in [0.717, 1.165) is 0 Å². The summed E-state index contributed by atoms with van der Waals surface area (Å²) in [5.74, 6) is -0.192. The van der Waals surface area contributed by atoms with Crippen molar-refractivity contribution in [3.63, 3.8) is 0 Å². The normalized spacial score (nSPS) is 22.6. The first-order valence-corrected chi connectivity index (χ1v) is 4.24. The fraction of sp³-hybridized carbons (Fsp3) is 0.750. The molecule has 1 fully saturated rings. The minimum atomic E-state index is -0.511. The van der Waals surface area contributed by atoms with E-state index in [1.165, 1.54) is 6.92 Å². The molecule has 1 atom stereocenters. The Morgan fingerprint density at radius 2 is 2.23 bits per heavy atom. The molecule has 1 heterocycles. The third-order valence-corrected chi connectivity index (χ3v) is 2.05. The number of likely N-dealkylation sites (N-methyl/N-ethyl adjacent to an activating group) is 1. The van der Waals surface area contributed by atoms with E-state index in [9.17, 15) is 9.59 Å². The minimum absolute atomic E-state index is 0.0165. The standard InChI is InChI=1S/C8H14N2O3/c1-6(11)10-3-4-13-7(5-10)8(12)9-2/h7H,3-5H2,1-2H3,(H,9,12). The van der Waals surface area contributed by atoms with Crippen molar-refractivity contribution in [3.8, 4) is 0 Å². The summed E-state index contributed by atoms with van der Waals surface area (Å²) < 4.78 is 5.21. The van der Waals surface area contributed by atoms with Crippen LogP contribution in [0.25, 0.3) is 0 Å². The van der Waals surface area contributed by atoms with Crippen LogP contribution < -0.4 is 5.32 Å². The molecule has 0 aromatic carbocycles. The van der Waals surface area contributed by atoms with Gasteiger partial charge in [-0.1, -0.05) is 0 Å². The lowest BCUT2D eigenvalue weighted by atomic mass is 10.2. The number of ether oxygens (including phenoxy) is 1. The molecular weight excluding hydrogens is 172 g/mol. The quantitative estimate of drug-likeness (QED) is 0.570. The van der Waals surface area contributed by atoms with Gasteiger partial charge < -0.3 is 15.0 Å². The number of morpholine rings is 1. The van der Waals surface area contributed by atoms with Gasteiger partial charge in [0.15, 0.2) is 6.10 Å². The van der Waals surface area contributed by atoms with Gasteiger partial charge in [0, 0.05) is 20.5 Å². The van der Waals surface area contributed by atoms with E-state index in [4.69, 9.17) is 4.74 Å². The molecule has 0 spiro atoms. The van der Waals surface area contributed by atoms with E-state index in [2.05, 4.69) is 5.32 Å². The van der Waals surface area contributed by atoms with Crippen LogP contribution in [-0.2, 0) is 14.3 Å². The maximum Gasteiger partial charge on any atom is 0.250 e. The highest BCUT2D eigenvalue weighted by Gasteiger charge is 2.26. The van der Waals surface area contributed by atoms with Crippen LogP contribution in [0.5, 0.6) is 0 Å². The van der Waals surface area contributed by atoms with Crippen molar-refractivity contribution in [2.75, 3.05) is 26.7 Å². The van der Waals surface area contributed by atoms with Gasteiger partial charge in [0.2, 0.25) is 5.91 Å². The number of amides is 2. The van der Waals surface area contributed by atoms with Crippen molar-refractivity contribution in [2.45, 2.75) is 13.0 Å². The molecule has 1 N–H and O–H groups in total. The lowest BCUT2D eigenvalue weighted by molar-refractivity contribution is -0.145. The Morgan fingerprint density at radius 1 is 1.54 bits per heavy atom. The van der Waals surface area contributed by atoms with E-state index in [1.807, 2.05) is 0 Å². The highest BCUT2D eigenvalue weighted by atomic mass is 16.5. The smallest absolute Gasteiger partial charge is 0.250 e. The first-order valence-electron chi connectivity index (χ1n) is 4.24. The number of carbonyl (C=O) groups excluding carboxylic acids is 2. The van der Waals surface area contributed by atoms with Crippen molar-refractivity contribution < 1.29 is 14.3 Å². The van der Waals surface area contributed by atoms with Crippen LogP contribution in [0.4, 0.5) is 0 Å². The Hall–Kier alpha value is -1.10. The maximum atomic E-state index is 11.2. The Bertz CT molecular complexity index is 217. The summed E-state index contributed by atoms with van der Waals surface area (Å²) in [7, 11) is 1.55. The number of hydrogen-bond donors (Lipinski definition) is 1. The zero-order valence-electron chi connectivity index (χ0n) is 7.87. The summed E-state index contributed by atoms with van der Waals surface area (Å²) in [4.78, 5) is 23.8. The average Bonchev–Trinajstić information content (AvgIpc) is 2.17. The first-order chi connectivity index (χ1) is 6.15. The van der Waals surface area contributed by atoms with Crippen molar-refractivity contribution in [1.29, 1.82) is 0 Å². The van der Waals surface area contributed by atoms with Crippen LogP contribution in [0.1, 0.15) is 6.92 Å². The Balaban J connectivity index is 2.51. The van der Waals surface area contributed by atoms with Crippen LogP contribution in [0.2, 0.25) is 0 Å². The van der Waals surface area contributed by atoms with Crippen molar-refractivity contribution in [3.05, 3.63) is 0 Å². The number of hydrogen-bond acceptors (Lipinski definition) is 3. The zero-order chi connectivity index (χ0) is 9.84. The van der Waals surface area contributed by atoms with Gasteiger partial charge in [0.1, 0.15) is 0 Å². The first kappa shape index (κ1) is 9.98. The predicted octanol–water partition coefficient (Wildman–Crippen LogP) is -1.02. The molecule has 0 aliphatic carbocycles. The monoisotopic (exact) mass is 186 g/mol. The van der Waals surface area contributed by atoms with Gasteiger partial charge in [0.05, 0.1) is 13.2 Å². The second kappa shape index (κ2) is 4.23. The Morgan fingerprint density at radius 3 is 2.77 bits per heavy atom. The summed E-state index contributed by atoms with van der Waals surface area (Å²) in [6.07, 6.45) is -0.511. The minimum Gasteiger partial charge on any atom is -0.365 e. The molecule has 1 aliphatic rings. The second-order valence-corrected chi connectivity index (χ2v) is 2.94. The molecule has 0 aromatic heterocycles. The number of carbonyl (C=O) groups is 2. The van der Waals surface area contributed by atoms with Gasteiger partial charge in [-0.05, 0) is 0 Å². The molecule has 0 radical (unpaired) electrons. The molecule has 2 amide bonds. The summed E-state index contributed by atoms with van der Waals surface area (Å²) in [5, 5.41) is 2.49. The molecule has 1 aliphatic heterocycles. The van der Waals surface area contributed by atoms with Crippen LogP contribution in [0.15, 0.2) is 0 Å². The van der Waals surface area contributed by atoms with Gasteiger partial charge in [-0.25, -0.2) is 0 Å². The third-order valence-electron chi connectivity index (χ3n) is 2.05. The lowest BCUT2D eigenvalue weighted by Gasteiger charge is -2.31. The molecule has 1 saturated heterocycles. The van der Waals surface area contributed by atoms with E-state index < -0.39 is 6.10 Å². The molecule has 74 valence electrons. The zero-order valence-corrected chi connectivity index (χ0v) is 7.87. The molecule has 1 rings (SSSR count). The lowest BCUT2D eigenvalue weighted by Crippen LogP contribution is -2.50. The topological polar surface area (TPSA) is 58.6 Å². The van der Waals surface area contributed by atoms with E-state index in [1.54, 1.807) is 11.9 Å². The molecule has 0 saturated carbocycles. The van der Waals surface area contributed by atoms with Gasteiger partial charge in [-0.3, -0.25) is 9.59 Å². The van der Waals surface area contributed by atoms with Crippen LogP contribution in [-0.4, -0.2) is 49.6 Å². The molecule has 5 heteroatoms. The number of rotatable bonds is 1. The summed E-state index contributed by atoms with van der Waals surface area (Å²) in [5.41, 5.74) is 0. The predicted molar refractivity (Wildman–Crippen MR) is 46.1 cm³/mol. The van der Waals surface area contributed by atoms with E-state index >= 15 is 0 Å². The second-order valence-electron chi connectivity index (χ2n) is 2.94. The van der Waals surface area contributed by atoms with Crippen molar-refractivity contribution >= 4 is 11.8 Å². The molecular formula is C8H14N2O3.